The van der Waals surface area contributed by atoms with Crippen molar-refractivity contribution in [1.82, 2.24) is 4.90 Å². The van der Waals surface area contributed by atoms with Gasteiger partial charge in [-0.3, -0.25) is 9.69 Å². The molecule has 1 saturated heterocycles. The Morgan fingerprint density at radius 2 is 1.90 bits per heavy atom. The van der Waals surface area contributed by atoms with E-state index in [2.05, 4.69) is 26.0 Å². The summed E-state index contributed by atoms with van der Waals surface area (Å²) in [5, 5.41) is 0. The van der Waals surface area contributed by atoms with Crippen LogP contribution in [-0.2, 0) is 16.4 Å². The first-order valence-corrected chi connectivity index (χ1v) is 12.4. The van der Waals surface area contributed by atoms with E-state index in [-0.39, 0.29) is 23.3 Å². The van der Waals surface area contributed by atoms with Gasteiger partial charge in [0.15, 0.2) is 15.6 Å². The van der Waals surface area contributed by atoms with Crippen LogP contribution in [0.2, 0.25) is 0 Å². The molecule has 3 heterocycles. The second-order valence-electron chi connectivity index (χ2n) is 8.76. The Labute approximate surface area is 182 Å². The molecule has 6 nitrogen and oxygen atoms in total. The van der Waals surface area contributed by atoms with Crippen molar-refractivity contribution in [3.05, 3.63) is 64.4 Å². The molecule has 0 saturated carbocycles. The lowest BCUT2D eigenvalue weighted by atomic mass is 10.0. The zero-order valence-corrected chi connectivity index (χ0v) is 18.4. The molecule has 0 bridgehead atoms. The molecule has 2 aromatic carbocycles. The number of hydrogen-bond acceptors (Lipinski definition) is 6. The molecule has 0 spiro atoms. The van der Waals surface area contributed by atoms with Gasteiger partial charge >= 0.3 is 0 Å². The number of carbonyl (C=O) groups excluding carboxylic acids is 1. The molecule has 162 valence electrons. The maximum atomic E-state index is 13.0. The van der Waals surface area contributed by atoms with Crippen LogP contribution in [0.25, 0.3) is 6.08 Å². The van der Waals surface area contributed by atoms with E-state index < -0.39 is 9.84 Å². The van der Waals surface area contributed by atoms with Gasteiger partial charge in [0.25, 0.3) is 0 Å². The van der Waals surface area contributed by atoms with Crippen LogP contribution in [-0.4, -0.2) is 43.4 Å². The lowest BCUT2D eigenvalue weighted by molar-refractivity contribution is 0.0634. The highest BCUT2D eigenvalue weighted by Crippen LogP contribution is 2.42. The molecule has 31 heavy (non-hydrogen) atoms. The first kappa shape index (κ1) is 20.3. The van der Waals surface area contributed by atoms with Crippen LogP contribution in [0.15, 0.2) is 42.2 Å². The zero-order chi connectivity index (χ0) is 21.8. The van der Waals surface area contributed by atoms with E-state index in [1.807, 2.05) is 17.0 Å². The highest BCUT2D eigenvalue weighted by molar-refractivity contribution is 7.91. The van der Waals surface area contributed by atoms with Crippen LogP contribution >= 0.6 is 0 Å². The molecule has 2 aromatic rings. The number of Topliss-reactive ketones (excluding diaryl/α,β-unsaturated/α-hetero) is 1. The van der Waals surface area contributed by atoms with Gasteiger partial charge in [0.1, 0.15) is 18.2 Å². The number of carbonyl (C=O) groups is 1. The van der Waals surface area contributed by atoms with Crippen molar-refractivity contribution in [2.75, 3.05) is 18.2 Å². The molecule has 0 radical (unpaired) electrons. The monoisotopic (exact) mass is 439 g/mol. The maximum Gasteiger partial charge on any atom is 0.231 e. The summed E-state index contributed by atoms with van der Waals surface area (Å²) in [4.78, 5) is 15.0. The minimum absolute atomic E-state index is 0.0689. The van der Waals surface area contributed by atoms with E-state index >= 15 is 0 Å². The number of ketones is 1. The van der Waals surface area contributed by atoms with Crippen molar-refractivity contribution in [3.63, 3.8) is 0 Å². The molecule has 7 heteroatoms. The number of benzene rings is 2. The van der Waals surface area contributed by atoms with Gasteiger partial charge in [-0.15, -0.1) is 0 Å². The minimum atomic E-state index is -2.99. The van der Waals surface area contributed by atoms with Gasteiger partial charge in [-0.25, -0.2) is 8.42 Å². The fourth-order valence-corrected chi connectivity index (χ4v) is 6.16. The zero-order valence-electron chi connectivity index (χ0n) is 17.6. The Kier molecular flexibility index (Phi) is 4.90. The Morgan fingerprint density at radius 3 is 2.58 bits per heavy atom. The number of rotatable bonds is 3. The molecule has 1 fully saturated rings. The van der Waals surface area contributed by atoms with Crippen molar-refractivity contribution in [1.29, 1.82) is 0 Å². The third-order valence-electron chi connectivity index (χ3n) is 6.27. The second kappa shape index (κ2) is 7.50. The topological polar surface area (TPSA) is 72.9 Å². The van der Waals surface area contributed by atoms with Gasteiger partial charge in [-0.05, 0) is 41.7 Å². The van der Waals surface area contributed by atoms with Crippen molar-refractivity contribution in [2.24, 2.45) is 0 Å². The third-order valence-corrected chi connectivity index (χ3v) is 8.02. The van der Waals surface area contributed by atoms with Gasteiger partial charge in [-0.1, -0.05) is 38.1 Å². The highest BCUT2D eigenvalue weighted by Gasteiger charge is 2.38. The van der Waals surface area contributed by atoms with Crippen molar-refractivity contribution >= 4 is 21.7 Å². The first-order chi connectivity index (χ1) is 14.8. The van der Waals surface area contributed by atoms with Crippen LogP contribution in [0, 0.1) is 0 Å². The summed E-state index contributed by atoms with van der Waals surface area (Å²) in [7, 11) is -2.99. The SMILES string of the molecule is CC(C)c1ccc(/C=C2\Oc3c(ccc4c3CN([C@H]3CCS(=O)(=O)C3)CO4)C2=O)cc1. The second-order valence-corrected chi connectivity index (χ2v) is 11.0. The summed E-state index contributed by atoms with van der Waals surface area (Å²) >= 11 is 0. The van der Waals surface area contributed by atoms with Crippen molar-refractivity contribution in [3.8, 4) is 11.5 Å². The van der Waals surface area contributed by atoms with E-state index in [0.717, 1.165) is 11.1 Å². The maximum absolute atomic E-state index is 13.0. The molecule has 3 aliphatic rings. The molecule has 0 N–H and O–H groups in total. The smallest absolute Gasteiger partial charge is 0.231 e. The highest BCUT2D eigenvalue weighted by atomic mass is 32.2. The molecular weight excluding hydrogens is 414 g/mol. The molecule has 0 unspecified atom stereocenters. The largest absolute Gasteiger partial charge is 0.478 e. The summed E-state index contributed by atoms with van der Waals surface area (Å²) in [5.74, 6) is 2.17. The fraction of sp³-hybridized carbons (Fsp3) is 0.375. The fourth-order valence-electron chi connectivity index (χ4n) is 4.40. The number of sulfone groups is 1. The van der Waals surface area contributed by atoms with E-state index in [4.69, 9.17) is 9.47 Å². The Balaban J connectivity index is 1.42. The van der Waals surface area contributed by atoms with Gasteiger partial charge in [0.05, 0.1) is 22.6 Å². The lowest BCUT2D eigenvalue weighted by Crippen LogP contribution is -2.41. The van der Waals surface area contributed by atoms with Crippen LogP contribution in [0.3, 0.4) is 0 Å². The summed E-state index contributed by atoms with van der Waals surface area (Å²) < 4.78 is 35.7. The van der Waals surface area contributed by atoms with Crippen LogP contribution in [0.1, 0.15) is 53.2 Å². The van der Waals surface area contributed by atoms with Gasteiger partial charge in [-0.2, -0.15) is 0 Å². The minimum Gasteiger partial charge on any atom is -0.478 e. The molecule has 0 amide bonds. The molecule has 0 aliphatic carbocycles. The van der Waals surface area contributed by atoms with Crippen molar-refractivity contribution < 1.29 is 22.7 Å². The first-order valence-electron chi connectivity index (χ1n) is 10.6. The number of nitrogens with zero attached hydrogens (tertiary/aromatic N) is 1. The van der Waals surface area contributed by atoms with E-state index in [1.54, 1.807) is 18.2 Å². The number of ether oxygens (including phenoxy) is 2. The Morgan fingerprint density at radius 1 is 1.13 bits per heavy atom. The van der Waals surface area contributed by atoms with Crippen molar-refractivity contribution in [2.45, 2.75) is 38.8 Å². The number of fused-ring (bicyclic) bond motifs is 3. The Hall–Kier alpha value is -2.64. The predicted molar refractivity (Wildman–Crippen MR) is 118 cm³/mol. The molecule has 0 aromatic heterocycles. The average molecular weight is 440 g/mol. The summed E-state index contributed by atoms with van der Waals surface area (Å²) in [6.07, 6.45) is 2.37. The van der Waals surface area contributed by atoms with Crippen LogP contribution in [0.5, 0.6) is 11.5 Å². The third kappa shape index (κ3) is 3.77. The normalized spacial score (nSPS) is 23.5. The predicted octanol–water partition coefficient (Wildman–Crippen LogP) is 3.77. The lowest BCUT2D eigenvalue weighted by Gasteiger charge is -2.33. The molecule has 5 rings (SSSR count). The summed E-state index contributed by atoms with van der Waals surface area (Å²) in [5.41, 5.74) is 3.47. The standard InChI is InChI=1S/C24H25NO5S/c1-15(2)17-5-3-16(4-6-17)11-22-23(26)19-7-8-21-20(24(19)30-22)12-25(14-29-21)18-9-10-31(27,28)13-18/h3-8,11,15,18H,9-10,12-14H2,1-2H3/b22-11-/t18-/m0/s1. The van der Waals surface area contributed by atoms with Gasteiger partial charge in [0.2, 0.25) is 5.78 Å². The van der Waals surface area contributed by atoms with Crippen LogP contribution in [0.4, 0.5) is 0 Å². The summed E-state index contributed by atoms with van der Waals surface area (Å²) in [6.45, 7) is 5.12. The Bertz CT molecular complexity index is 1180. The average Bonchev–Trinajstić information content (AvgIpc) is 3.27. The van der Waals surface area contributed by atoms with E-state index in [9.17, 15) is 13.2 Å². The molecular formula is C24H25NO5S. The van der Waals surface area contributed by atoms with Gasteiger partial charge < -0.3 is 9.47 Å². The number of allylic oxidation sites excluding steroid dienone is 1. The summed E-state index contributed by atoms with van der Waals surface area (Å²) in [6, 6.07) is 11.6. The molecule has 1 atom stereocenters. The van der Waals surface area contributed by atoms with Gasteiger partial charge in [0, 0.05) is 12.6 Å². The quantitative estimate of drug-likeness (QED) is 0.678. The molecule has 3 aliphatic heterocycles. The van der Waals surface area contributed by atoms with E-state index in [0.29, 0.717) is 48.4 Å². The van der Waals surface area contributed by atoms with Crippen LogP contribution < -0.4 is 9.47 Å². The van der Waals surface area contributed by atoms with E-state index in [1.165, 1.54) is 5.56 Å². The number of hydrogen-bond donors (Lipinski definition) is 0.